The highest BCUT2D eigenvalue weighted by atomic mass is 19.3. The van der Waals surface area contributed by atoms with Crippen LogP contribution >= 0.6 is 0 Å². The Labute approximate surface area is 366 Å². The number of aliphatic imine (C=N–C) groups is 1. The average molecular weight is 871 g/mol. The molecule has 2 fully saturated rings. The number of unbranched alkanes of at least 4 members (excludes halogenated alkanes) is 2. The molecule has 18 heteroatoms. The summed E-state index contributed by atoms with van der Waals surface area (Å²) in [6.45, 7) is 4.77. The van der Waals surface area contributed by atoms with Gasteiger partial charge in [0.2, 0.25) is 17.7 Å². The Bertz CT molecular complexity index is 2250. The number of halogens is 2. The molecular weight excluding hydrogens is 813 g/mol. The molecule has 4 amide bonds. The van der Waals surface area contributed by atoms with Gasteiger partial charge >= 0.3 is 0 Å². The van der Waals surface area contributed by atoms with E-state index >= 15 is 0 Å². The summed E-state index contributed by atoms with van der Waals surface area (Å²) in [6.07, 6.45) is 6.55. The molecule has 2 aromatic carbocycles. The van der Waals surface area contributed by atoms with Gasteiger partial charge in [-0.3, -0.25) is 34.2 Å². The molecule has 4 aliphatic heterocycles. The molecule has 2 unspecified atom stereocenters. The minimum absolute atomic E-state index is 0.0515. The van der Waals surface area contributed by atoms with Gasteiger partial charge < -0.3 is 41.9 Å². The number of aromatic nitrogens is 2. The Balaban J connectivity index is 0.917. The quantitative estimate of drug-likeness (QED) is 0.0491. The Hall–Kier alpha value is -6.04. The van der Waals surface area contributed by atoms with Crippen LogP contribution in [0.3, 0.4) is 0 Å². The number of hydrogen-bond acceptors (Lipinski definition) is 12. The monoisotopic (exact) mass is 870 g/mol. The number of nitrogens with zero attached hydrogens (tertiary/aromatic N) is 6. The predicted molar refractivity (Wildman–Crippen MR) is 234 cm³/mol. The summed E-state index contributed by atoms with van der Waals surface area (Å²) in [5.74, 6) is -1.55. The van der Waals surface area contributed by atoms with Crippen molar-refractivity contribution in [2.45, 2.75) is 102 Å². The summed E-state index contributed by atoms with van der Waals surface area (Å²) in [5.41, 5.74) is 18.7. The van der Waals surface area contributed by atoms with Crippen LogP contribution in [0.4, 0.5) is 25.8 Å². The normalized spacial score (nSPS) is 19.3. The number of rotatable bonds is 15. The van der Waals surface area contributed by atoms with Crippen LogP contribution in [0.15, 0.2) is 59.0 Å². The van der Waals surface area contributed by atoms with E-state index < -0.39 is 30.4 Å². The maximum Gasteiger partial charge on any atom is 0.264 e. The third kappa shape index (κ3) is 10.6. The van der Waals surface area contributed by atoms with E-state index in [1.54, 1.807) is 60.2 Å². The molecule has 7 N–H and O–H groups in total. The van der Waals surface area contributed by atoms with Crippen LogP contribution in [0.5, 0.6) is 0 Å². The lowest BCUT2D eigenvalue weighted by atomic mass is 9.91. The molecule has 16 nitrogen and oxygen atoms in total. The number of imide groups is 1. The van der Waals surface area contributed by atoms with Crippen molar-refractivity contribution in [3.63, 3.8) is 0 Å². The lowest BCUT2D eigenvalue weighted by Crippen LogP contribution is -2.53. The number of nitrogens with one attached hydrogen (secondary N) is 3. The number of likely N-dealkylation sites (tertiary alicyclic amines) is 1. The number of anilines is 3. The van der Waals surface area contributed by atoms with Gasteiger partial charge in [-0.25, -0.2) is 8.78 Å². The van der Waals surface area contributed by atoms with Crippen LogP contribution in [-0.2, 0) is 32.6 Å². The second kappa shape index (κ2) is 20.0. The smallest absolute Gasteiger partial charge is 0.264 e. The standard InChI is InChI=1S/C45H59F2N11O5/c1-27(59)57-21-16-35(33(26-57)43(49)58-18-7-8-28-22-31(29-24-51-55(2)25-29)32(42(46)47)23-38(28)58)52-30-14-19-56(20-15-30)40(61)11-4-3-5-17-50-36-10-6-9-34(48)41(36)45(63)53-37-12-13-39(60)54-44(37)62/h6,9-10,22-25,30,37,42-43,50,52H,3-5,7-8,11-21,26,48-49H2,1-2H3,(H,53,63)(H,54,60,62)/p-1. The van der Waals surface area contributed by atoms with Gasteiger partial charge in [0.25, 0.3) is 12.3 Å². The average Bonchev–Trinajstić information content (AvgIpc) is 3.70. The van der Waals surface area contributed by atoms with Gasteiger partial charge in [0.05, 0.1) is 6.20 Å². The maximum atomic E-state index is 14.6. The number of nitrogens with two attached hydrogens (primary N) is 2. The Morgan fingerprint density at radius 3 is 2.54 bits per heavy atom. The highest BCUT2D eigenvalue weighted by molar-refractivity contribution is 6.05. The van der Waals surface area contributed by atoms with Crippen molar-refractivity contribution in [1.82, 2.24) is 30.2 Å². The maximum absolute atomic E-state index is 14.6. The van der Waals surface area contributed by atoms with Crippen LogP contribution in [-0.4, -0.2) is 107 Å². The lowest BCUT2D eigenvalue weighted by molar-refractivity contribution is -0.213. The van der Waals surface area contributed by atoms with E-state index in [4.69, 9.17) is 11.5 Å². The minimum Gasteiger partial charge on any atom is -0.858 e. The molecule has 63 heavy (non-hydrogen) atoms. The van der Waals surface area contributed by atoms with Gasteiger partial charge in [-0.2, -0.15) is 5.10 Å². The van der Waals surface area contributed by atoms with Crippen molar-refractivity contribution in [2.75, 3.05) is 55.2 Å². The molecular formula is C45H58F2N11O5-. The predicted octanol–water partition coefficient (Wildman–Crippen LogP) is 3.32. The van der Waals surface area contributed by atoms with Gasteiger partial charge in [0, 0.05) is 130 Å². The van der Waals surface area contributed by atoms with Crippen molar-refractivity contribution in [3.8, 4) is 11.1 Å². The molecule has 0 saturated carbocycles. The highest BCUT2D eigenvalue weighted by Crippen LogP contribution is 2.40. The first-order valence-electron chi connectivity index (χ1n) is 22.0. The number of carbonyl (C=O) groups is 4. The molecule has 0 spiro atoms. The molecule has 1 aromatic heterocycles. The van der Waals surface area contributed by atoms with Crippen molar-refractivity contribution in [1.29, 1.82) is 0 Å². The lowest BCUT2D eigenvalue weighted by Gasteiger charge is -2.42. The van der Waals surface area contributed by atoms with Crippen LogP contribution < -0.4 is 37.4 Å². The molecule has 2 atom stereocenters. The number of benzene rings is 2. The first kappa shape index (κ1) is 45.0. The molecule has 0 aliphatic carbocycles. The largest absolute Gasteiger partial charge is 0.858 e. The van der Waals surface area contributed by atoms with Gasteiger partial charge in [-0.05, 0) is 86.2 Å². The summed E-state index contributed by atoms with van der Waals surface area (Å²) >= 11 is 0. The van der Waals surface area contributed by atoms with Crippen LogP contribution in [0, 0.1) is 0 Å². The van der Waals surface area contributed by atoms with E-state index in [9.17, 15) is 33.1 Å². The fourth-order valence-electron chi connectivity index (χ4n) is 9.08. The molecule has 0 radical (unpaired) electrons. The van der Waals surface area contributed by atoms with Crippen molar-refractivity contribution >= 4 is 46.6 Å². The molecule has 4 aliphatic rings. The topological polar surface area (TPSA) is 219 Å². The Kier molecular flexibility index (Phi) is 14.3. The minimum atomic E-state index is -2.70. The summed E-state index contributed by atoms with van der Waals surface area (Å²) in [5, 5.41) is 26.5. The highest BCUT2D eigenvalue weighted by Gasteiger charge is 2.34. The third-order valence-corrected chi connectivity index (χ3v) is 12.6. The molecule has 3 aromatic rings. The molecule has 2 saturated heterocycles. The SMILES string of the molecule is CC(=O)N1CCC(NC2CCN(C(=O)CCCCCNc3cccc(N)c3C([O-])=NC3CCC(=O)NC3=O)CC2)=C(C(N)N2CCCc3cc(-c4cnn(C)c4)c(C(F)F)cc32)C1. The molecule has 0 bridgehead atoms. The molecule has 5 heterocycles. The van der Waals surface area contributed by atoms with Crippen molar-refractivity contribution in [2.24, 2.45) is 17.8 Å². The van der Waals surface area contributed by atoms with E-state index in [2.05, 4.69) is 26.0 Å². The number of piperidine rings is 2. The van der Waals surface area contributed by atoms with Crippen LogP contribution in [0.1, 0.15) is 94.2 Å². The number of carbonyl (C=O) groups excluding carboxylic acids is 4. The van der Waals surface area contributed by atoms with E-state index in [0.717, 1.165) is 55.4 Å². The summed E-state index contributed by atoms with van der Waals surface area (Å²) in [6, 6.07) is 7.64. The van der Waals surface area contributed by atoms with Crippen LogP contribution in [0.25, 0.3) is 11.1 Å². The number of alkyl halides is 2. The number of amides is 4. The first-order chi connectivity index (χ1) is 30.3. The van der Waals surface area contributed by atoms with Crippen LogP contribution in [0.2, 0.25) is 0 Å². The van der Waals surface area contributed by atoms with Gasteiger partial charge in [0.15, 0.2) is 0 Å². The van der Waals surface area contributed by atoms with Gasteiger partial charge in [0.1, 0.15) is 12.2 Å². The second-order valence-electron chi connectivity index (χ2n) is 16.9. The first-order valence-corrected chi connectivity index (χ1v) is 22.0. The number of hydrogen-bond donors (Lipinski definition) is 5. The van der Waals surface area contributed by atoms with E-state index in [0.29, 0.717) is 81.0 Å². The number of nitrogen functional groups attached to an aromatic ring is 1. The molecule has 7 rings (SSSR count). The van der Waals surface area contributed by atoms with Crippen molar-refractivity contribution < 1.29 is 33.1 Å². The molecule has 338 valence electrons. The zero-order chi connectivity index (χ0) is 44.8. The summed E-state index contributed by atoms with van der Waals surface area (Å²) in [4.78, 5) is 59.2. The Morgan fingerprint density at radius 2 is 1.83 bits per heavy atom. The Morgan fingerprint density at radius 1 is 1.03 bits per heavy atom. The second-order valence-corrected chi connectivity index (χ2v) is 16.9. The fourth-order valence-corrected chi connectivity index (χ4v) is 9.08. The zero-order valence-corrected chi connectivity index (χ0v) is 36.0. The van der Waals surface area contributed by atoms with E-state index in [-0.39, 0.29) is 53.4 Å². The van der Waals surface area contributed by atoms with Gasteiger partial charge in [-0.15, -0.1) is 0 Å². The summed E-state index contributed by atoms with van der Waals surface area (Å²) in [7, 11) is 1.76. The third-order valence-electron chi connectivity index (χ3n) is 12.6. The number of aryl methyl sites for hydroxylation is 2. The van der Waals surface area contributed by atoms with Gasteiger partial charge in [-0.1, -0.05) is 12.5 Å². The zero-order valence-electron chi connectivity index (χ0n) is 36.0. The van der Waals surface area contributed by atoms with E-state index in [1.165, 1.54) is 0 Å². The van der Waals surface area contributed by atoms with Crippen molar-refractivity contribution in [3.05, 3.63) is 70.7 Å². The fraction of sp³-hybridized carbons (Fsp3) is 0.511. The van der Waals surface area contributed by atoms with E-state index in [1.807, 2.05) is 15.9 Å². The number of fused-ring (bicyclic) bond motifs is 1. The summed E-state index contributed by atoms with van der Waals surface area (Å²) < 4.78 is 30.8.